The number of rotatable bonds is 8. The van der Waals surface area contributed by atoms with Crippen molar-refractivity contribution in [3.8, 4) is 0 Å². The minimum atomic E-state index is -0.343. The maximum absolute atomic E-state index is 12.8. The molecule has 2 aliphatic carbocycles. The van der Waals surface area contributed by atoms with Crippen molar-refractivity contribution in [2.24, 2.45) is 16.3 Å². The second-order valence-corrected chi connectivity index (χ2v) is 9.41. The number of amides is 2. The smallest absolute Gasteiger partial charge is 0.230 e. The van der Waals surface area contributed by atoms with Gasteiger partial charge in [0, 0.05) is 38.8 Å². The first kappa shape index (κ1) is 24.1. The summed E-state index contributed by atoms with van der Waals surface area (Å²) in [5.41, 5.74) is 1.52. The van der Waals surface area contributed by atoms with Crippen LogP contribution in [0.4, 0.5) is 5.69 Å². The minimum absolute atomic E-state index is 0.130. The van der Waals surface area contributed by atoms with Crippen LogP contribution in [0.15, 0.2) is 29.3 Å². The summed E-state index contributed by atoms with van der Waals surface area (Å²) in [5, 5.41) is 9.77. The van der Waals surface area contributed by atoms with E-state index < -0.39 is 0 Å². The molecule has 176 valence electrons. The molecule has 0 aliphatic heterocycles. The standard InChI is InChI=1S/C25H39N5O2/c1-4-26-24(28-18-25(14-7-8-15-25)23(32)30(2)3)27-17-19-10-9-13-21(16-19)29-22(31)20-11-5-6-12-20/h9-10,13,16,20H,4-8,11-12,14-15,17-18H2,1-3H3,(H,29,31)(H2,26,27,28). The van der Waals surface area contributed by atoms with Crippen molar-refractivity contribution < 1.29 is 9.59 Å². The van der Waals surface area contributed by atoms with Gasteiger partial charge in [0.15, 0.2) is 5.96 Å². The van der Waals surface area contributed by atoms with E-state index in [1.807, 2.05) is 45.3 Å². The summed E-state index contributed by atoms with van der Waals surface area (Å²) < 4.78 is 0. The lowest BCUT2D eigenvalue weighted by molar-refractivity contribution is -0.138. The largest absolute Gasteiger partial charge is 0.357 e. The summed E-state index contributed by atoms with van der Waals surface area (Å²) >= 11 is 0. The molecule has 0 radical (unpaired) electrons. The lowest BCUT2D eigenvalue weighted by Crippen LogP contribution is -2.49. The zero-order valence-corrected chi connectivity index (χ0v) is 19.9. The van der Waals surface area contributed by atoms with Crippen LogP contribution in [0.25, 0.3) is 0 Å². The number of anilines is 1. The quantitative estimate of drug-likeness (QED) is 0.426. The molecule has 3 rings (SSSR count). The average Bonchev–Trinajstić information content (AvgIpc) is 3.48. The van der Waals surface area contributed by atoms with E-state index in [2.05, 4.69) is 16.0 Å². The number of carbonyl (C=O) groups is 2. The monoisotopic (exact) mass is 441 g/mol. The molecule has 1 aromatic rings. The highest BCUT2D eigenvalue weighted by Gasteiger charge is 2.42. The van der Waals surface area contributed by atoms with E-state index in [1.54, 1.807) is 4.90 Å². The Balaban J connectivity index is 1.62. The van der Waals surface area contributed by atoms with Crippen molar-refractivity contribution in [3.63, 3.8) is 0 Å². The Hall–Kier alpha value is -2.57. The third-order valence-corrected chi connectivity index (χ3v) is 6.70. The summed E-state index contributed by atoms with van der Waals surface area (Å²) in [4.78, 5) is 31.7. The van der Waals surface area contributed by atoms with Crippen LogP contribution in [0, 0.1) is 11.3 Å². The van der Waals surface area contributed by atoms with Gasteiger partial charge in [-0.25, -0.2) is 4.99 Å². The normalized spacial score (nSPS) is 18.4. The third-order valence-electron chi connectivity index (χ3n) is 6.70. The molecule has 0 atom stereocenters. The van der Waals surface area contributed by atoms with Crippen molar-refractivity contribution in [3.05, 3.63) is 29.8 Å². The van der Waals surface area contributed by atoms with Crippen LogP contribution in [0.5, 0.6) is 0 Å². The fraction of sp³-hybridized carbons (Fsp3) is 0.640. The second-order valence-electron chi connectivity index (χ2n) is 9.41. The topological polar surface area (TPSA) is 85.8 Å². The van der Waals surface area contributed by atoms with Crippen molar-refractivity contribution in [1.82, 2.24) is 15.5 Å². The molecule has 2 fully saturated rings. The molecular weight excluding hydrogens is 402 g/mol. The Morgan fingerprint density at radius 3 is 2.47 bits per heavy atom. The molecule has 0 heterocycles. The number of carbonyl (C=O) groups excluding carboxylic acids is 2. The van der Waals surface area contributed by atoms with Crippen LogP contribution in [0.1, 0.15) is 63.9 Å². The first-order valence-electron chi connectivity index (χ1n) is 12.1. The first-order valence-corrected chi connectivity index (χ1v) is 12.1. The highest BCUT2D eigenvalue weighted by atomic mass is 16.2. The maximum atomic E-state index is 12.8. The van der Waals surface area contributed by atoms with Gasteiger partial charge in [0.25, 0.3) is 0 Å². The lowest BCUT2D eigenvalue weighted by atomic mass is 9.84. The number of hydrogen-bond donors (Lipinski definition) is 3. The van der Waals surface area contributed by atoms with E-state index in [9.17, 15) is 9.59 Å². The Labute approximate surface area is 192 Å². The van der Waals surface area contributed by atoms with Gasteiger partial charge in [0.1, 0.15) is 0 Å². The van der Waals surface area contributed by atoms with Gasteiger partial charge in [0.2, 0.25) is 11.8 Å². The fourth-order valence-electron chi connectivity index (χ4n) is 4.94. The SMILES string of the molecule is CCNC(=NCc1cccc(NC(=O)C2CCCC2)c1)NCC1(C(=O)N(C)C)CCCC1. The third kappa shape index (κ3) is 6.24. The van der Waals surface area contributed by atoms with E-state index in [4.69, 9.17) is 4.99 Å². The van der Waals surface area contributed by atoms with Gasteiger partial charge in [-0.2, -0.15) is 0 Å². The van der Waals surface area contributed by atoms with Gasteiger partial charge in [0.05, 0.1) is 12.0 Å². The molecule has 0 bridgehead atoms. The van der Waals surface area contributed by atoms with Crippen LogP contribution in [0.3, 0.4) is 0 Å². The molecule has 2 amide bonds. The van der Waals surface area contributed by atoms with E-state index in [0.717, 1.165) is 69.2 Å². The van der Waals surface area contributed by atoms with Crippen molar-refractivity contribution in [2.45, 2.75) is 64.8 Å². The van der Waals surface area contributed by atoms with Crippen molar-refractivity contribution in [1.29, 1.82) is 0 Å². The molecule has 7 heteroatoms. The highest BCUT2D eigenvalue weighted by Crippen LogP contribution is 2.38. The molecule has 0 unspecified atom stereocenters. The van der Waals surface area contributed by atoms with Gasteiger partial charge in [-0.05, 0) is 50.3 Å². The molecule has 32 heavy (non-hydrogen) atoms. The summed E-state index contributed by atoms with van der Waals surface area (Å²) in [6, 6.07) is 7.90. The van der Waals surface area contributed by atoms with Crippen LogP contribution in [-0.2, 0) is 16.1 Å². The molecule has 3 N–H and O–H groups in total. The molecule has 2 aliphatic rings. The number of benzene rings is 1. The van der Waals surface area contributed by atoms with Gasteiger partial charge < -0.3 is 20.9 Å². The Kier molecular flexibility index (Phi) is 8.53. The zero-order valence-electron chi connectivity index (χ0n) is 19.9. The molecule has 7 nitrogen and oxygen atoms in total. The Bertz CT molecular complexity index is 808. The van der Waals surface area contributed by atoms with Crippen LogP contribution in [-0.4, -0.2) is 49.9 Å². The summed E-state index contributed by atoms with van der Waals surface area (Å²) in [6.45, 7) is 3.87. The molecular formula is C25H39N5O2. The number of nitrogens with one attached hydrogen (secondary N) is 3. The Morgan fingerprint density at radius 1 is 1.09 bits per heavy atom. The summed E-state index contributed by atoms with van der Waals surface area (Å²) in [6.07, 6.45) is 8.29. The fourth-order valence-corrected chi connectivity index (χ4v) is 4.94. The van der Waals surface area contributed by atoms with Gasteiger partial charge in [-0.1, -0.05) is 37.8 Å². The van der Waals surface area contributed by atoms with Crippen molar-refractivity contribution >= 4 is 23.5 Å². The first-order chi connectivity index (χ1) is 15.4. The Morgan fingerprint density at radius 2 is 1.81 bits per heavy atom. The predicted octanol–water partition coefficient (Wildman–Crippen LogP) is 3.52. The summed E-state index contributed by atoms with van der Waals surface area (Å²) in [7, 11) is 3.67. The van der Waals surface area contributed by atoms with Gasteiger partial charge in [-0.15, -0.1) is 0 Å². The average molecular weight is 442 g/mol. The molecule has 1 aromatic carbocycles. The minimum Gasteiger partial charge on any atom is -0.357 e. The molecule has 2 saturated carbocycles. The zero-order chi connectivity index (χ0) is 23.0. The molecule has 0 aromatic heterocycles. The van der Waals surface area contributed by atoms with Gasteiger partial charge >= 0.3 is 0 Å². The predicted molar refractivity (Wildman–Crippen MR) is 129 cm³/mol. The second kappa shape index (κ2) is 11.3. The number of nitrogens with zero attached hydrogens (tertiary/aromatic N) is 2. The van der Waals surface area contributed by atoms with E-state index in [0.29, 0.717) is 19.0 Å². The maximum Gasteiger partial charge on any atom is 0.230 e. The summed E-state index contributed by atoms with van der Waals surface area (Å²) in [5.74, 6) is 1.19. The van der Waals surface area contributed by atoms with Crippen LogP contribution < -0.4 is 16.0 Å². The highest BCUT2D eigenvalue weighted by molar-refractivity contribution is 5.92. The molecule has 0 saturated heterocycles. The van der Waals surface area contributed by atoms with Gasteiger partial charge in [-0.3, -0.25) is 9.59 Å². The number of guanidine groups is 1. The van der Waals surface area contributed by atoms with Crippen LogP contribution >= 0.6 is 0 Å². The van der Waals surface area contributed by atoms with Crippen LogP contribution in [0.2, 0.25) is 0 Å². The molecule has 0 spiro atoms. The van der Waals surface area contributed by atoms with E-state index in [1.165, 1.54) is 0 Å². The van der Waals surface area contributed by atoms with Crippen molar-refractivity contribution in [2.75, 3.05) is 32.5 Å². The lowest BCUT2D eigenvalue weighted by Gasteiger charge is -2.31. The number of aliphatic imine (C=N–C) groups is 1. The number of hydrogen-bond acceptors (Lipinski definition) is 3. The van der Waals surface area contributed by atoms with E-state index in [-0.39, 0.29) is 23.1 Å². The van der Waals surface area contributed by atoms with E-state index >= 15 is 0 Å².